The number of hydrogen-bond acceptors (Lipinski definition) is 2. The third-order valence-electron chi connectivity index (χ3n) is 3.73. The first-order chi connectivity index (χ1) is 11.9. The Hall–Kier alpha value is -1.85. The number of amides is 2. The Balaban J connectivity index is 2.01. The van der Waals surface area contributed by atoms with E-state index in [9.17, 15) is 9.59 Å². The zero-order chi connectivity index (χ0) is 18.4. The van der Waals surface area contributed by atoms with Gasteiger partial charge in [0, 0.05) is 16.0 Å². The van der Waals surface area contributed by atoms with Crippen molar-refractivity contribution >= 4 is 39.3 Å². The van der Waals surface area contributed by atoms with Crippen molar-refractivity contribution in [3.8, 4) is 0 Å². The molecule has 0 bridgehead atoms. The van der Waals surface area contributed by atoms with Crippen LogP contribution in [0.2, 0.25) is 5.02 Å². The highest BCUT2D eigenvalue weighted by Crippen LogP contribution is 2.16. The minimum atomic E-state index is -0.619. The lowest BCUT2D eigenvalue weighted by Crippen LogP contribution is -2.49. The molecule has 2 amide bonds. The maximum Gasteiger partial charge on any atom is 0.253 e. The van der Waals surface area contributed by atoms with Crippen molar-refractivity contribution in [3.05, 3.63) is 69.2 Å². The van der Waals surface area contributed by atoms with Crippen LogP contribution in [0.5, 0.6) is 0 Å². The van der Waals surface area contributed by atoms with Gasteiger partial charge in [0.05, 0.1) is 5.56 Å². The molecule has 2 rings (SSSR count). The van der Waals surface area contributed by atoms with Crippen LogP contribution in [0.15, 0.2) is 53.0 Å². The van der Waals surface area contributed by atoms with E-state index in [1.54, 1.807) is 30.3 Å². The van der Waals surface area contributed by atoms with Crippen LogP contribution in [0.25, 0.3) is 0 Å². The van der Waals surface area contributed by atoms with Gasteiger partial charge in [0.15, 0.2) is 0 Å². The Bertz CT molecular complexity index is 747. The molecule has 1 atom stereocenters. The smallest absolute Gasteiger partial charge is 0.253 e. The Kier molecular flexibility index (Phi) is 7.02. The summed E-state index contributed by atoms with van der Waals surface area (Å²) >= 11 is 9.21. The van der Waals surface area contributed by atoms with E-state index in [1.807, 2.05) is 32.0 Å². The quantitative estimate of drug-likeness (QED) is 0.732. The summed E-state index contributed by atoms with van der Waals surface area (Å²) in [4.78, 5) is 25.0. The van der Waals surface area contributed by atoms with Crippen LogP contribution >= 0.6 is 27.5 Å². The van der Waals surface area contributed by atoms with Gasteiger partial charge in [0.1, 0.15) is 6.04 Å². The Morgan fingerprint density at radius 3 is 2.32 bits per heavy atom. The van der Waals surface area contributed by atoms with Crippen LogP contribution in [0.4, 0.5) is 0 Å². The minimum absolute atomic E-state index is 0.0448. The topological polar surface area (TPSA) is 58.2 Å². The van der Waals surface area contributed by atoms with E-state index < -0.39 is 6.04 Å². The molecule has 0 fully saturated rings. The van der Waals surface area contributed by atoms with Crippen molar-refractivity contribution in [3.63, 3.8) is 0 Å². The van der Waals surface area contributed by atoms with Crippen molar-refractivity contribution in [1.82, 2.24) is 10.6 Å². The average Bonchev–Trinajstić information content (AvgIpc) is 2.58. The van der Waals surface area contributed by atoms with Gasteiger partial charge in [-0.05, 0) is 51.7 Å². The van der Waals surface area contributed by atoms with Crippen LogP contribution in [-0.4, -0.2) is 17.9 Å². The summed E-state index contributed by atoms with van der Waals surface area (Å²) in [5.41, 5.74) is 1.44. The van der Waals surface area contributed by atoms with Crippen LogP contribution < -0.4 is 10.6 Å². The van der Waals surface area contributed by atoms with Crippen molar-refractivity contribution < 1.29 is 9.59 Å². The highest BCUT2D eigenvalue weighted by Gasteiger charge is 2.25. The van der Waals surface area contributed by atoms with Gasteiger partial charge >= 0.3 is 0 Å². The SMILES string of the molecule is CC(C)[C@H](NC(=O)c1ccccc1Br)C(=O)NCc1ccc(Cl)cc1. The molecule has 0 heterocycles. The molecule has 2 N–H and O–H groups in total. The molecule has 0 aliphatic carbocycles. The van der Waals surface area contributed by atoms with Gasteiger partial charge in [-0.3, -0.25) is 9.59 Å². The molecule has 2 aromatic carbocycles. The number of benzene rings is 2. The fraction of sp³-hybridized carbons (Fsp3) is 0.263. The average molecular weight is 424 g/mol. The van der Waals surface area contributed by atoms with Crippen molar-refractivity contribution in [2.75, 3.05) is 0 Å². The van der Waals surface area contributed by atoms with Crippen molar-refractivity contribution in [2.24, 2.45) is 5.92 Å². The third kappa shape index (κ3) is 5.58. The van der Waals surface area contributed by atoms with Gasteiger partial charge in [-0.25, -0.2) is 0 Å². The number of carbonyl (C=O) groups excluding carboxylic acids is 2. The first kappa shape index (κ1) is 19.5. The molecular formula is C19H20BrClN2O2. The predicted octanol–water partition coefficient (Wildman–Crippen LogP) is 4.17. The highest BCUT2D eigenvalue weighted by atomic mass is 79.9. The van der Waals surface area contributed by atoms with Crippen molar-refractivity contribution in [2.45, 2.75) is 26.4 Å². The van der Waals surface area contributed by atoms with E-state index in [4.69, 9.17) is 11.6 Å². The second kappa shape index (κ2) is 9.02. The molecule has 0 aliphatic rings. The van der Waals surface area contributed by atoms with Gasteiger partial charge < -0.3 is 10.6 Å². The maximum atomic E-state index is 12.5. The van der Waals surface area contributed by atoms with Gasteiger partial charge in [-0.15, -0.1) is 0 Å². The lowest BCUT2D eigenvalue weighted by atomic mass is 10.0. The molecule has 25 heavy (non-hydrogen) atoms. The van der Waals surface area contributed by atoms with Crippen LogP contribution in [0, 0.1) is 5.92 Å². The summed E-state index contributed by atoms with van der Waals surface area (Å²) in [6.07, 6.45) is 0. The van der Waals surface area contributed by atoms with Crippen LogP contribution in [0.1, 0.15) is 29.8 Å². The number of rotatable bonds is 6. The molecule has 0 saturated carbocycles. The largest absolute Gasteiger partial charge is 0.350 e. The maximum absolute atomic E-state index is 12.5. The van der Waals surface area contributed by atoms with Gasteiger partial charge in [0.25, 0.3) is 5.91 Å². The molecule has 132 valence electrons. The first-order valence-corrected chi connectivity index (χ1v) is 9.13. The first-order valence-electron chi connectivity index (χ1n) is 7.96. The van der Waals surface area contributed by atoms with Crippen molar-refractivity contribution in [1.29, 1.82) is 0 Å². The summed E-state index contributed by atoms with van der Waals surface area (Å²) in [6.45, 7) is 4.17. The second-order valence-electron chi connectivity index (χ2n) is 6.02. The zero-order valence-electron chi connectivity index (χ0n) is 14.1. The molecule has 0 unspecified atom stereocenters. The van der Waals surface area contributed by atoms with Crippen LogP contribution in [-0.2, 0) is 11.3 Å². The van der Waals surface area contributed by atoms with E-state index in [0.29, 0.717) is 21.6 Å². The minimum Gasteiger partial charge on any atom is -0.350 e. The Morgan fingerprint density at radius 1 is 1.08 bits per heavy atom. The lowest BCUT2D eigenvalue weighted by Gasteiger charge is -2.22. The van der Waals surface area contributed by atoms with E-state index in [0.717, 1.165) is 5.56 Å². The van der Waals surface area contributed by atoms with E-state index >= 15 is 0 Å². The Morgan fingerprint density at radius 2 is 1.72 bits per heavy atom. The summed E-state index contributed by atoms with van der Waals surface area (Å²) < 4.78 is 0.691. The molecular weight excluding hydrogens is 404 g/mol. The summed E-state index contributed by atoms with van der Waals surface area (Å²) in [5.74, 6) is -0.546. The van der Waals surface area contributed by atoms with Crippen LogP contribution in [0.3, 0.4) is 0 Å². The Labute approximate surface area is 161 Å². The zero-order valence-corrected chi connectivity index (χ0v) is 16.4. The predicted molar refractivity (Wildman–Crippen MR) is 104 cm³/mol. The molecule has 0 aromatic heterocycles. The molecule has 4 nitrogen and oxygen atoms in total. The lowest BCUT2D eigenvalue weighted by molar-refractivity contribution is -0.124. The number of carbonyl (C=O) groups is 2. The molecule has 6 heteroatoms. The molecule has 2 aromatic rings. The van der Waals surface area contributed by atoms with Gasteiger partial charge in [-0.2, -0.15) is 0 Å². The summed E-state index contributed by atoms with van der Waals surface area (Å²) in [5, 5.41) is 6.33. The molecule has 0 aliphatic heterocycles. The standard InChI is InChI=1S/C19H20BrClN2O2/c1-12(2)17(23-18(24)15-5-3-4-6-16(15)20)19(25)22-11-13-7-9-14(21)10-8-13/h3-10,12,17H,11H2,1-2H3,(H,22,25)(H,23,24)/t17-/m0/s1. The normalized spacial score (nSPS) is 11.9. The molecule has 0 spiro atoms. The molecule has 0 radical (unpaired) electrons. The highest BCUT2D eigenvalue weighted by molar-refractivity contribution is 9.10. The second-order valence-corrected chi connectivity index (χ2v) is 7.31. The van der Waals surface area contributed by atoms with E-state index in [1.165, 1.54) is 0 Å². The number of hydrogen-bond donors (Lipinski definition) is 2. The fourth-order valence-corrected chi connectivity index (χ4v) is 2.89. The number of halogens is 2. The summed E-state index contributed by atoms with van der Waals surface area (Å²) in [7, 11) is 0. The number of nitrogens with one attached hydrogen (secondary N) is 2. The van der Waals surface area contributed by atoms with Gasteiger partial charge in [-0.1, -0.05) is 49.7 Å². The van der Waals surface area contributed by atoms with Gasteiger partial charge in [0.2, 0.25) is 5.91 Å². The summed E-state index contributed by atoms with van der Waals surface area (Å²) in [6, 6.07) is 13.8. The van der Waals surface area contributed by atoms with E-state index in [-0.39, 0.29) is 17.7 Å². The fourth-order valence-electron chi connectivity index (χ4n) is 2.30. The third-order valence-corrected chi connectivity index (χ3v) is 4.68. The molecule has 0 saturated heterocycles. The van der Waals surface area contributed by atoms with E-state index in [2.05, 4.69) is 26.6 Å². The monoisotopic (exact) mass is 422 g/mol.